The van der Waals surface area contributed by atoms with E-state index in [1.54, 1.807) is 0 Å². The minimum absolute atomic E-state index is 0.932. The molecule has 3 heteroatoms. The number of hydrogen-bond donors (Lipinski definition) is 1. The molecule has 0 amide bonds. The molecular formula is C13H16N2S. The first-order valence-electron chi connectivity index (χ1n) is 5.37. The first kappa shape index (κ1) is 11.3. The lowest BCUT2D eigenvalue weighted by atomic mass is 10.2. The van der Waals surface area contributed by atoms with Crippen molar-refractivity contribution in [2.24, 2.45) is 0 Å². The number of aromatic nitrogens is 2. The van der Waals surface area contributed by atoms with E-state index in [-0.39, 0.29) is 0 Å². The van der Waals surface area contributed by atoms with E-state index in [2.05, 4.69) is 48.1 Å². The van der Waals surface area contributed by atoms with Crippen LogP contribution in [0.15, 0.2) is 29.2 Å². The predicted octanol–water partition coefficient (Wildman–Crippen LogP) is 3.63. The van der Waals surface area contributed by atoms with Crippen molar-refractivity contribution in [1.82, 2.24) is 9.97 Å². The maximum Gasteiger partial charge on any atom is 0.103 e. The molecule has 2 nitrogen and oxygen atoms in total. The summed E-state index contributed by atoms with van der Waals surface area (Å²) in [6.07, 6.45) is 0. The first-order valence-corrected chi connectivity index (χ1v) is 6.36. The summed E-state index contributed by atoms with van der Waals surface area (Å²) in [5.74, 6) is 1.93. The van der Waals surface area contributed by atoms with Gasteiger partial charge in [0.2, 0.25) is 0 Å². The zero-order chi connectivity index (χ0) is 11.5. The van der Waals surface area contributed by atoms with Gasteiger partial charge in [0.05, 0.1) is 5.69 Å². The Hall–Kier alpha value is -1.22. The van der Waals surface area contributed by atoms with Crippen LogP contribution in [0, 0.1) is 20.8 Å². The number of nitrogens with zero attached hydrogens (tertiary/aromatic N) is 1. The lowest BCUT2D eigenvalue weighted by molar-refractivity contribution is 1.12. The molecule has 16 heavy (non-hydrogen) atoms. The van der Waals surface area contributed by atoms with Crippen LogP contribution in [0.5, 0.6) is 0 Å². The Balaban J connectivity index is 2.08. The van der Waals surface area contributed by atoms with Crippen LogP contribution in [0.2, 0.25) is 0 Å². The Labute approximate surface area is 101 Å². The van der Waals surface area contributed by atoms with Crippen LogP contribution in [0.1, 0.15) is 22.8 Å². The van der Waals surface area contributed by atoms with Gasteiger partial charge in [-0.15, -0.1) is 11.8 Å². The SMILES string of the molecule is Cc1nc(CSc2ccccc2C)c(C)[nH]1. The van der Waals surface area contributed by atoms with Crippen molar-refractivity contribution in [3.05, 3.63) is 47.0 Å². The van der Waals surface area contributed by atoms with Crippen molar-refractivity contribution in [3.8, 4) is 0 Å². The molecule has 0 fully saturated rings. The summed E-state index contributed by atoms with van der Waals surface area (Å²) < 4.78 is 0. The zero-order valence-electron chi connectivity index (χ0n) is 9.87. The molecule has 0 atom stereocenters. The summed E-state index contributed by atoms with van der Waals surface area (Å²) in [6.45, 7) is 6.22. The Bertz CT molecular complexity index is 488. The topological polar surface area (TPSA) is 28.7 Å². The Morgan fingerprint density at radius 2 is 1.94 bits per heavy atom. The van der Waals surface area contributed by atoms with Crippen molar-refractivity contribution < 1.29 is 0 Å². The summed E-state index contributed by atoms with van der Waals surface area (Å²) in [5.41, 5.74) is 3.67. The fourth-order valence-corrected chi connectivity index (χ4v) is 2.71. The fraction of sp³-hybridized carbons (Fsp3) is 0.308. The second-order valence-corrected chi connectivity index (χ2v) is 4.97. The molecule has 0 saturated carbocycles. The predicted molar refractivity (Wildman–Crippen MR) is 68.8 cm³/mol. The van der Waals surface area contributed by atoms with Crippen molar-refractivity contribution in [2.75, 3.05) is 0 Å². The van der Waals surface area contributed by atoms with E-state index < -0.39 is 0 Å². The molecule has 84 valence electrons. The molecule has 0 aliphatic rings. The third-order valence-electron chi connectivity index (χ3n) is 2.56. The Morgan fingerprint density at radius 3 is 2.56 bits per heavy atom. The minimum Gasteiger partial charge on any atom is -0.346 e. The van der Waals surface area contributed by atoms with Crippen molar-refractivity contribution in [2.45, 2.75) is 31.4 Å². The van der Waals surface area contributed by atoms with Crippen molar-refractivity contribution >= 4 is 11.8 Å². The summed E-state index contributed by atoms with van der Waals surface area (Å²) >= 11 is 1.85. The monoisotopic (exact) mass is 232 g/mol. The van der Waals surface area contributed by atoms with Crippen LogP contribution in [0.3, 0.4) is 0 Å². The minimum atomic E-state index is 0.932. The molecule has 1 aromatic carbocycles. The third kappa shape index (κ3) is 2.47. The standard InChI is InChI=1S/C13H16N2S/c1-9-6-4-5-7-13(9)16-8-12-10(2)14-11(3)15-12/h4-7H,8H2,1-3H3,(H,14,15). The molecule has 0 saturated heterocycles. The number of imidazole rings is 1. The average molecular weight is 232 g/mol. The maximum atomic E-state index is 4.48. The number of benzene rings is 1. The molecule has 0 radical (unpaired) electrons. The summed E-state index contributed by atoms with van der Waals surface area (Å²) in [4.78, 5) is 9.05. The van der Waals surface area contributed by atoms with Gasteiger partial charge in [0, 0.05) is 16.3 Å². The molecule has 0 unspecified atom stereocenters. The molecule has 0 aliphatic carbocycles. The number of hydrogen-bond acceptors (Lipinski definition) is 2. The van der Waals surface area contributed by atoms with Gasteiger partial charge in [0.25, 0.3) is 0 Å². The van der Waals surface area contributed by atoms with Gasteiger partial charge in [0.15, 0.2) is 0 Å². The Kier molecular flexibility index (Phi) is 3.34. The van der Waals surface area contributed by atoms with Crippen molar-refractivity contribution in [3.63, 3.8) is 0 Å². The molecule has 0 aliphatic heterocycles. The molecule has 1 aromatic heterocycles. The number of thioether (sulfide) groups is 1. The quantitative estimate of drug-likeness (QED) is 0.819. The van der Waals surface area contributed by atoms with Crippen LogP contribution in [-0.4, -0.2) is 9.97 Å². The van der Waals surface area contributed by atoms with E-state index in [0.717, 1.165) is 17.3 Å². The van der Waals surface area contributed by atoms with E-state index >= 15 is 0 Å². The van der Waals surface area contributed by atoms with Crippen molar-refractivity contribution in [1.29, 1.82) is 0 Å². The second-order valence-electron chi connectivity index (χ2n) is 3.95. The number of nitrogens with one attached hydrogen (secondary N) is 1. The molecule has 1 N–H and O–H groups in total. The Morgan fingerprint density at radius 1 is 1.19 bits per heavy atom. The normalized spacial score (nSPS) is 10.7. The van der Waals surface area contributed by atoms with Gasteiger partial charge in [-0.1, -0.05) is 18.2 Å². The molecule has 0 bridgehead atoms. The first-order chi connectivity index (χ1) is 7.66. The summed E-state index contributed by atoms with van der Waals surface area (Å²) in [5, 5.41) is 0. The number of aromatic amines is 1. The van der Waals surface area contributed by atoms with E-state index in [4.69, 9.17) is 0 Å². The highest BCUT2D eigenvalue weighted by atomic mass is 32.2. The maximum absolute atomic E-state index is 4.48. The highest BCUT2D eigenvalue weighted by Crippen LogP contribution is 2.25. The highest BCUT2D eigenvalue weighted by Gasteiger charge is 2.05. The molecule has 2 aromatic rings. The molecular weight excluding hydrogens is 216 g/mol. The lowest BCUT2D eigenvalue weighted by Crippen LogP contribution is -1.86. The highest BCUT2D eigenvalue weighted by molar-refractivity contribution is 7.98. The van der Waals surface area contributed by atoms with E-state index in [1.807, 2.05) is 18.7 Å². The number of aryl methyl sites for hydroxylation is 3. The van der Waals surface area contributed by atoms with Gasteiger partial charge in [-0.2, -0.15) is 0 Å². The average Bonchev–Trinajstić information content (AvgIpc) is 2.56. The lowest BCUT2D eigenvalue weighted by Gasteiger charge is -2.03. The van der Waals surface area contributed by atoms with Gasteiger partial charge in [0.1, 0.15) is 5.82 Å². The number of H-pyrrole nitrogens is 1. The van der Waals surface area contributed by atoms with Crippen LogP contribution < -0.4 is 0 Å². The van der Waals surface area contributed by atoms with Crippen LogP contribution in [-0.2, 0) is 5.75 Å². The molecule has 2 rings (SSSR count). The van der Waals surface area contributed by atoms with Gasteiger partial charge in [-0.3, -0.25) is 0 Å². The smallest absolute Gasteiger partial charge is 0.103 e. The van der Waals surface area contributed by atoms with Gasteiger partial charge in [-0.05, 0) is 32.4 Å². The molecule has 1 heterocycles. The van der Waals surface area contributed by atoms with E-state index in [0.29, 0.717) is 0 Å². The second kappa shape index (κ2) is 4.74. The van der Waals surface area contributed by atoms with Gasteiger partial charge in [-0.25, -0.2) is 4.98 Å². The number of rotatable bonds is 3. The fourth-order valence-electron chi connectivity index (χ4n) is 1.66. The van der Waals surface area contributed by atoms with Gasteiger partial charge >= 0.3 is 0 Å². The summed E-state index contributed by atoms with van der Waals surface area (Å²) in [7, 11) is 0. The van der Waals surface area contributed by atoms with Crippen LogP contribution >= 0.6 is 11.8 Å². The largest absolute Gasteiger partial charge is 0.346 e. The van der Waals surface area contributed by atoms with Crippen LogP contribution in [0.4, 0.5) is 0 Å². The summed E-state index contributed by atoms with van der Waals surface area (Å²) in [6, 6.07) is 8.46. The molecule has 0 spiro atoms. The van der Waals surface area contributed by atoms with E-state index in [1.165, 1.54) is 16.2 Å². The van der Waals surface area contributed by atoms with Crippen LogP contribution in [0.25, 0.3) is 0 Å². The van der Waals surface area contributed by atoms with E-state index in [9.17, 15) is 0 Å². The zero-order valence-corrected chi connectivity index (χ0v) is 10.7. The van der Waals surface area contributed by atoms with Gasteiger partial charge < -0.3 is 4.98 Å². The third-order valence-corrected chi connectivity index (χ3v) is 3.75.